The van der Waals surface area contributed by atoms with Crippen LogP contribution in [0, 0.1) is 25.5 Å². The Hall–Kier alpha value is -3.34. The van der Waals surface area contributed by atoms with E-state index in [1.165, 1.54) is 11.6 Å². The molecule has 0 unspecified atom stereocenters. The Bertz CT molecular complexity index is 1520. The number of aryl methyl sites for hydroxylation is 2. The van der Waals surface area contributed by atoms with Crippen LogP contribution in [-0.2, 0) is 7.05 Å². The van der Waals surface area contributed by atoms with Crippen LogP contribution >= 0.6 is 0 Å². The standard InChI is InChI=1S/C26H23F2N2O/c1-13(2)16-6-7-18-21(9-16)29-12-30(5)25(18)23-15(4)14(3)8-19-24-20(28)10-17(27)11-22(24)31-26(19)23/h6-13H,1-5H3/q+1. The van der Waals surface area contributed by atoms with E-state index in [0.29, 0.717) is 22.3 Å². The van der Waals surface area contributed by atoms with E-state index in [0.717, 1.165) is 39.4 Å². The highest BCUT2D eigenvalue weighted by molar-refractivity contribution is 6.12. The zero-order valence-corrected chi connectivity index (χ0v) is 18.2. The highest BCUT2D eigenvalue weighted by atomic mass is 19.1. The molecule has 0 bridgehead atoms. The van der Waals surface area contributed by atoms with E-state index in [1.807, 2.05) is 31.5 Å². The highest BCUT2D eigenvalue weighted by Gasteiger charge is 2.25. The van der Waals surface area contributed by atoms with Gasteiger partial charge >= 0.3 is 0 Å². The minimum absolute atomic E-state index is 0.210. The lowest BCUT2D eigenvalue weighted by atomic mass is 9.93. The number of nitrogens with zero attached hydrogens (tertiary/aromatic N) is 2. The highest BCUT2D eigenvalue weighted by Crippen LogP contribution is 2.41. The molecule has 0 fully saturated rings. The number of hydrogen-bond acceptors (Lipinski definition) is 2. The topological polar surface area (TPSA) is 29.9 Å². The molecule has 3 aromatic carbocycles. The molecule has 0 N–H and O–H groups in total. The molecule has 0 saturated heterocycles. The molecule has 5 rings (SSSR count). The van der Waals surface area contributed by atoms with Crippen molar-refractivity contribution in [3.8, 4) is 11.3 Å². The molecular weight excluding hydrogens is 394 g/mol. The Morgan fingerprint density at radius 1 is 1.00 bits per heavy atom. The minimum atomic E-state index is -0.653. The van der Waals surface area contributed by atoms with Crippen LogP contribution < -0.4 is 4.57 Å². The van der Waals surface area contributed by atoms with Gasteiger partial charge in [0.1, 0.15) is 28.5 Å². The lowest BCUT2D eigenvalue weighted by Crippen LogP contribution is -2.32. The van der Waals surface area contributed by atoms with Gasteiger partial charge in [0.25, 0.3) is 6.33 Å². The SMILES string of the molecule is Cc1cc2c(oc3cc(F)cc(F)c32)c(-c2c3ccc(C(C)C)cc3nc[n+]2C)c1C. The number of rotatable bonds is 2. The van der Waals surface area contributed by atoms with Crippen LogP contribution in [0.15, 0.2) is 47.1 Å². The summed E-state index contributed by atoms with van der Waals surface area (Å²) in [6, 6.07) is 10.4. The van der Waals surface area contributed by atoms with E-state index in [2.05, 4.69) is 37.0 Å². The molecule has 31 heavy (non-hydrogen) atoms. The van der Waals surface area contributed by atoms with Crippen LogP contribution in [0.3, 0.4) is 0 Å². The second kappa shape index (κ2) is 6.84. The predicted octanol–water partition coefficient (Wildman–Crippen LogP) is 6.64. The maximum atomic E-state index is 14.7. The van der Waals surface area contributed by atoms with Gasteiger partial charge in [-0.1, -0.05) is 19.9 Å². The second-order valence-electron chi connectivity index (χ2n) is 8.57. The van der Waals surface area contributed by atoms with Crippen LogP contribution in [0.5, 0.6) is 0 Å². The molecule has 0 atom stereocenters. The van der Waals surface area contributed by atoms with Gasteiger partial charge in [0.05, 0.1) is 23.4 Å². The van der Waals surface area contributed by atoms with E-state index >= 15 is 0 Å². The molecule has 0 spiro atoms. The number of benzene rings is 3. The molecule has 156 valence electrons. The second-order valence-corrected chi connectivity index (χ2v) is 8.57. The summed E-state index contributed by atoms with van der Waals surface area (Å²) in [5.41, 5.74) is 6.72. The smallest absolute Gasteiger partial charge is 0.287 e. The van der Waals surface area contributed by atoms with E-state index in [1.54, 1.807) is 6.33 Å². The van der Waals surface area contributed by atoms with Gasteiger partial charge in [-0.05, 0) is 59.6 Å². The van der Waals surface area contributed by atoms with Crippen LogP contribution in [0.4, 0.5) is 8.78 Å². The molecule has 5 heteroatoms. The third-order valence-corrected chi connectivity index (χ3v) is 6.20. The molecule has 2 heterocycles. The molecule has 0 radical (unpaired) electrons. The summed E-state index contributed by atoms with van der Waals surface area (Å²) in [6.07, 6.45) is 1.79. The van der Waals surface area contributed by atoms with Gasteiger partial charge in [-0.3, -0.25) is 0 Å². The first-order valence-electron chi connectivity index (χ1n) is 10.4. The average Bonchev–Trinajstić information content (AvgIpc) is 3.07. The van der Waals surface area contributed by atoms with Gasteiger partial charge in [0, 0.05) is 17.5 Å². The first-order chi connectivity index (χ1) is 14.8. The lowest BCUT2D eigenvalue weighted by Gasteiger charge is -2.13. The van der Waals surface area contributed by atoms with E-state index in [9.17, 15) is 8.78 Å². The third-order valence-electron chi connectivity index (χ3n) is 6.20. The summed E-state index contributed by atoms with van der Waals surface area (Å²) >= 11 is 0. The van der Waals surface area contributed by atoms with Crippen molar-refractivity contribution in [2.45, 2.75) is 33.6 Å². The molecule has 2 aromatic heterocycles. The Labute approximate surface area is 178 Å². The van der Waals surface area contributed by atoms with Gasteiger partial charge in [-0.25, -0.2) is 13.3 Å². The van der Waals surface area contributed by atoms with Gasteiger partial charge in [0.2, 0.25) is 0 Å². The van der Waals surface area contributed by atoms with Crippen molar-refractivity contribution in [3.63, 3.8) is 0 Å². The molecule has 0 aliphatic carbocycles. The van der Waals surface area contributed by atoms with Crippen LogP contribution in [0.25, 0.3) is 44.1 Å². The fourth-order valence-corrected chi connectivity index (χ4v) is 4.39. The zero-order valence-electron chi connectivity index (χ0n) is 18.2. The number of furan rings is 1. The van der Waals surface area contributed by atoms with Crippen molar-refractivity contribution in [2.24, 2.45) is 7.05 Å². The first-order valence-corrected chi connectivity index (χ1v) is 10.4. The van der Waals surface area contributed by atoms with Gasteiger partial charge in [-0.15, -0.1) is 0 Å². The summed E-state index contributed by atoms with van der Waals surface area (Å²) < 4.78 is 36.6. The molecule has 3 nitrogen and oxygen atoms in total. The van der Waals surface area contributed by atoms with Crippen LogP contribution in [0.1, 0.15) is 36.5 Å². The fourth-order valence-electron chi connectivity index (χ4n) is 4.39. The van der Waals surface area contributed by atoms with E-state index in [-0.39, 0.29) is 5.58 Å². The van der Waals surface area contributed by atoms with Crippen molar-refractivity contribution in [2.75, 3.05) is 0 Å². The first kappa shape index (κ1) is 19.6. The predicted molar refractivity (Wildman–Crippen MR) is 119 cm³/mol. The molecule has 0 saturated carbocycles. The van der Waals surface area contributed by atoms with Crippen molar-refractivity contribution >= 4 is 32.8 Å². The van der Waals surface area contributed by atoms with E-state index in [4.69, 9.17) is 4.42 Å². The monoisotopic (exact) mass is 417 g/mol. The summed E-state index contributed by atoms with van der Waals surface area (Å²) in [5.74, 6) is -0.877. The van der Waals surface area contributed by atoms with Crippen molar-refractivity contribution in [1.82, 2.24) is 4.98 Å². The quantitative estimate of drug-likeness (QED) is 0.301. The molecular formula is C26H23F2N2O+. The average molecular weight is 417 g/mol. The fraction of sp³-hybridized carbons (Fsp3) is 0.231. The normalized spacial score (nSPS) is 12.0. The third kappa shape index (κ3) is 2.91. The summed E-state index contributed by atoms with van der Waals surface area (Å²) in [6.45, 7) is 8.34. The lowest BCUT2D eigenvalue weighted by molar-refractivity contribution is -0.662. The summed E-state index contributed by atoms with van der Waals surface area (Å²) in [4.78, 5) is 4.63. The maximum Gasteiger partial charge on any atom is 0.287 e. The largest absolute Gasteiger partial charge is 0.455 e. The van der Waals surface area contributed by atoms with Crippen LogP contribution in [-0.4, -0.2) is 4.98 Å². The zero-order chi connectivity index (χ0) is 22.0. The molecule has 0 aliphatic rings. The number of halogens is 2. The molecule has 5 aromatic rings. The maximum absolute atomic E-state index is 14.7. The Morgan fingerprint density at radius 3 is 2.52 bits per heavy atom. The molecule has 0 amide bonds. The minimum Gasteiger partial charge on any atom is -0.455 e. The van der Waals surface area contributed by atoms with Gasteiger partial charge in [-0.2, -0.15) is 0 Å². The molecule has 0 aliphatic heterocycles. The Balaban J connectivity index is 1.95. The number of fused-ring (bicyclic) bond motifs is 4. The van der Waals surface area contributed by atoms with Crippen molar-refractivity contribution in [3.05, 3.63) is 71.1 Å². The van der Waals surface area contributed by atoms with E-state index < -0.39 is 11.6 Å². The number of aromatic nitrogens is 2. The van der Waals surface area contributed by atoms with Crippen LogP contribution in [0.2, 0.25) is 0 Å². The van der Waals surface area contributed by atoms with Crippen molar-refractivity contribution in [1.29, 1.82) is 0 Å². The van der Waals surface area contributed by atoms with Gasteiger partial charge in [0.15, 0.2) is 5.52 Å². The number of hydrogen-bond donors (Lipinski definition) is 0. The van der Waals surface area contributed by atoms with Gasteiger partial charge < -0.3 is 4.42 Å². The summed E-state index contributed by atoms with van der Waals surface area (Å²) in [7, 11) is 1.94. The Morgan fingerprint density at radius 2 is 1.77 bits per heavy atom. The van der Waals surface area contributed by atoms with Crippen molar-refractivity contribution < 1.29 is 17.8 Å². The Kier molecular flexibility index (Phi) is 4.33. The summed E-state index contributed by atoms with van der Waals surface area (Å²) in [5, 5.41) is 1.94.